The van der Waals surface area contributed by atoms with E-state index in [4.69, 9.17) is 10.6 Å². The van der Waals surface area contributed by atoms with Crippen molar-refractivity contribution in [2.45, 2.75) is 50.2 Å². The van der Waals surface area contributed by atoms with Crippen molar-refractivity contribution in [3.63, 3.8) is 0 Å². The van der Waals surface area contributed by atoms with Crippen molar-refractivity contribution in [3.8, 4) is 0 Å². The molecule has 1 aromatic rings. The first-order valence-electron chi connectivity index (χ1n) is 6.70. The van der Waals surface area contributed by atoms with Gasteiger partial charge in [-0.05, 0) is 43.1 Å². The van der Waals surface area contributed by atoms with E-state index in [0.29, 0.717) is 5.92 Å². The lowest BCUT2D eigenvalue weighted by Gasteiger charge is -2.40. The SMILES string of the molecule is NNC(c1cnns1)C1CCOC2(CCCC2)C1. The summed E-state index contributed by atoms with van der Waals surface area (Å²) in [5, 5.41) is 3.92. The van der Waals surface area contributed by atoms with Crippen molar-refractivity contribution >= 4 is 11.5 Å². The van der Waals surface area contributed by atoms with Gasteiger partial charge in [-0.2, -0.15) is 0 Å². The summed E-state index contributed by atoms with van der Waals surface area (Å²) >= 11 is 1.44. The van der Waals surface area contributed by atoms with Gasteiger partial charge in [0.05, 0.1) is 22.7 Å². The first kappa shape index (κ1) is 12.5. The number of nitrogens with zero attached hydrogens (tertiary/aromatic N) is 2. The molecule has 1 spiro atoms. The summed E-state index contributed by atoms with van der Waals surface area (Å²) in [6.07, 6.45) is 9.02. The summed E-state index contributed by atoms with van der Waals surface area (Å²) in [7, 11) is 0. The van der Waals surface area contributed by atoms with Crippen LogP contribution in [0.25, 0.3) is 0 Å². The molecule has 2 unspecified atom stereocenters. The van der Waals surface area contributed by atoms with Crippen LogP contribution in [0, 0.1) is 5.92 Å². The maximum absolute atomic E-state index is 6.07. The van der Waals surface area contributed by atoms with Crippen LogP contribution in [0.2, 0.25) is 0 Å². The van der Waals surface area contributed by atoms with Gasteiger partial charge in [-0.15, -0.1) is 5.10 Å². The van der Waals surface area contributed by atoms with Gasteiger partial charge in [0.1, 0.15) is 0 Å². The Bertz CT molecular complexity index is 377. The maximum atomic E-state index is 6.07. The van der Waals surface area contributed by atoms with E-state index in [1.807, 2.05) is 6.20 Å². The predicted molar refractivity (Wildman–Crippen MR) is 69.8 cm³/mol. The molecule has 18 heavy (non-hydrogen) atoms. The highest BCUT2D eigenvalue weighted by atomic mass is 32.1. The number of nitrogens with two attached hydrogens (primary N) is 1. The van der Waals surface area contributed by atoms with E-state index in [1.54, 1.807) is 0 Å². The summed E-state index contributed by atoms with van der Waals surface area (Å²) in [6.45, 7) is 0.856. The highest BCUT2D eigenvalue weighted by Gasteiger charge is 2.42. The Morgan fingerprint density at radius 3 is 3.00 bits per heavy atom. The zero-order valence-electron chi connectivity index (χ0n) is 10.5. The van der Waals surface area contributed by atoms with Crippen molar-refractivity contribution < 1.29 is 4.74 Å². The number of nitrogens with one attached hydrogen (secondary N) is 1. The third-order valence-electron chi connectivity index (χ3n) is 4.38. The van der Waals surface area contributed by atoms with Crippen LogP contribution in [-0.2, 0) is 4.74 Å². The summed E-state index contributed by atoms with van der Waals surface area (Å²) in [5.74, 6) is 6.27. The molecule has 1 saturated carbocycles. The number of hydrazine groups is 1. The van der Waals surface area contributed by atoms with Gasteiger partial charge in [0.15, 0.2) is 0 Å². The molecule has 2 heterocycles. The van der Waals surface area contributed by atoms with E-state index >= 15 is 0 Å². The van der Waals surface area contributed by atoms with Gasteiger partial charge >= 0.3 is 0 Å². The highest BCUT2D eigenvalue weighted by molar-refractivity contribution is 7.05. The minimum atomic E-state index is 0.135. The van der Waals surface area contributed by atoms with Crippen LogP contribution in [0.5, 0.6) is 0 Å². The molecule has 1 aliphatic carbocycles. The summed E-state index contributed by atoms with van der Waals surface area (Å²) in [5.41, 5.74) is 3.09. The Kier molecular flexibility index (Phi) is 3.61. The van der Waals surface area contributed by atoms with Gasteiger partial charge in [-0.1, -0.05) is 17.3 Å². The average Bonchev–Trinajstić information content (AvgIpc) is 3.03. The molecule has 100 valence electrons. The van der Waals surface area contributed by atoms with E-state index in [9.17, 15) is 0 Å². The molecule has 1 aromatic heterocycles. The van der Waals surface area contributed by atoms with Crippen molar-refractivity contribution in [2.75, 3.05) is 6.61 Å². The molecule has 2 fully saturated rings. The van der Waals surface area contributed by atoms with Gasteiger partial charge in [0.2, 0.25) is 0 Å². The van der Waals surface area contributed by atoms with Crippen molar-refractivity contribution in [2.24, 2.45) is 11.8 Å². The van der Waals surface area contributed by atoms with Gasteiger partial charge in [0.25, 0.3) is 0 Å². The third-order valence-corrected chi connectivity index (χ3v) is 5.13. The minimum Gasteiger partial charge on any atom is -0.375 e. The van der Waals surface area contributed by atoms with Gasteiger partial charge in [-0.25, -0.2) is 0 Å². The maximum Gasteiger partial charge on any atom is 0.0686 e. The van der Waals surface area contributed by atoms with E-state index < -0.39 is 0 Å². The average molecular weight is 268 g/mol. The number of hydrogen-bond acceptors (Lipinski definition) is 6. The smallest absolute Gasteiger partial charge is 0.0686 e. The topological polar surface area (TPSA) is 73.1 Å². The largest absolute Gasteiger partial charge is 0.375 e. The quantitative estimate of drug-likeness (QED) is 0.646. The van der Waals surface area contributed by atoms with Crippen LogP contribution in [0.1, 0.15) is 49.4 Å². The van der Waals surface area contributed by atoms with Crippen LogP contribution in [0.15, 0.2) is 6.20 Å². The van der Waals surface area contributed by atoms with E-state index in [0.717, 1.165) is 24.3 Å². The second-order valence-electron chi connectivity index (χ2n) is 5.46. The second-order valence-corrected chi connectivity index (χ2v) is 6.27. The molecule has 1 aliphatic heterocycles. The van der Waals surface area contributed by atoms with Crippen LogP contribution in [0.3, 0.4) is 0 Å². The standard InChI is InChI=1S/C12H20N4OS/c13-15-11(10-8-14-16-18-10)9-3-6-17-12(7-9)4-1-2-5-12/h8-9,11,15H,1-7,13H2. The molecular formula is C12H20N4OS. The van der Waals surface area contributed by atoms with Crippen LogP contribution in [0.4, 0.5) is 0 Å². The molecule has 2 aliphatic rings. The molecule has 0 aromatic carbocycles. The Morgan fingerprint density at radius 2 is 2.33 bits per heavy atom. The molecule has 3 N–H and O–H groups in total. The molecule has 6 heteroatoms. The molecule has 5 nitrogen and oxygen atoms in total. The minimum absolute atomic E-state index is 0.135. The summed E-state index contributed by atoms with van der Waals surface area (Å²) in [4.78, 5) is 1.14. The van der Waals surface area contributed by atoms with Crippen molar-refractivity contribution in [3.05, 3.63) is 11.1 Å². The van der Waals surface area contributed by atoms with Crippen LogP contribution in [-0.4, -0.2) is 21.8 Å². The Morgan fingerprint density at radius 1 is 1.50 bits per heavy atom. The lowest BCUT2D eigenvalue weighted by atomic mass is 9.80. The second kappa shape index (κ2) is 5.21. The number of ether oxygens (including phenoxy) is 1. The fourth-order valence-corrected chi connectivity index (χ4v) is 4.14. The van der Waals surface area contributed by atoms with Crippen molar-refractivity contribution in [1.82, 2.24) is 15.0 Å². The van der Waals surface area contributed by atoms with Gasteiger partial charge < -0.3 is 4.74 Å². The fraction of sp³-hybridized carbons (Fsp3) is 0.833. The zero-order chi connectivity index (χ0) is 12.4. The number of hydrogen-bond donors (Lipinski definition) is 2. The Labute approximate surface area is 111 Å². The summed E-state index contributed by atoms with van der Waals surface area (Å²) < 4.78 is 10.0. The highest BCUT2D eigenvalue weighted by Crippen LogP contribution is 2.45. The van der Waals surface area contributed by atoms with E-state index in [2.05, 4.69) is 15.0 Å². The molecular weight excluding hydrogens is 248 g/mol. The molecule has 0 amide bonds. The monoisotopic (exact) mass is 268 g/mol. The third kappa shape index (κ3) is 2.30. The lowest BCUT2D eigenvalue weighted by molar-refractivity contribution is -0.0980. The normalized spacial score (nSPS) is 28.6. The van der Waals surface area contributed by atoms with Gasteiger partial charge in [-0.3, -0.25) is 11.3 Å². The Balaban J connectivity index is 1.74. The predicted octanol–water partition coefficient (Wildman–Crippen LogP) is 1.78. The zero-order valence-corrected chi connectivity index (χ0v) is 11.3. The van der Waals surface area contributed by atoms with E-state index in [-0.39, 0.29) is 11.6 Å². The fourth-order valence-electron chi connectivity index (χ4n) is 3.48. The van der Waals surface area contributed by atoms with Crippen molar-refractivity contribution in [1.29, 1.82) is 0 Å². The molecule has 0 bridgehead atoms. The molecule has 0 radical (unpaired) electrons. The molecule has 1 saturated heterocycles. The number of aromatic nitrogens is 2. The first-order valence-corrected chi connectivity index (χ1v) is 7.48. The number of rotatable bonds is 3. The van der Waals surface area contributed by atoms with E-state index in [1.165, 1.54) is 37.2 Å². The first-order chi connectivity index (χ1) is 8.83. The summed E-state index contributed by atoms with van der Waals surface area (Å²) in [6, 6.07) is 0.173. The van der Waals surface area contributed by atoms with Crippen LogP contribution < -0.4 is 11.3 Å². The van der Waals surface area contributed by atoms with Gasteiger partial charge in [0, 0.05) is 6.61 Å². The Hall–Kier alpha value is -0.560. The van der Waals surface area contributed by atoms with Crippen LogP contribution >= 0.6 is 11.5 Å². The lowest BCUT2D eigenvalue weighted by Crippen LogP contribution is -2.43. The molecule has 3 rings (SSSR count). The molecule has 2 atom stereocenters.